The number of benzene rings is 1. The minimum Gasteiger partial charge on any atom is -0.348 e. The number of ether oxygens (including phenoxy) is 2. The van der Waals surface area contributed by atoms with Crippen molar-refractivity contribution in [3.63, 3.8) is 0 Å². The lowest BCUT2D eigenvalue weighted by molar-refractivity contribution is -0.206. The molecule has 0 amide bonds. The molecule has 0 aromatic heterocycles. The van der Waals surface area contributed by atoms with E-state index in [1.165, 1.54) is 0 Å². The summed E-state index contributed by atoms with van der Waals surface area (Å²) in [5, 5.41) is 0. The lowest BCUT2D eigenvalue weighted by Crippen LogP contribution is -2.27. The van der Waals surface area contributed by atoms with Crippen molar-refractivity contribution >= 4 is 0 Å². The molecule has 0 atom stereocenters. The Morgan fingerprint density at radius 1 is 1.16 bits per heavy atom. The summed E-state index contributed by atoms with van der Waals surface area (Å²) in [6.07, 6.45) is 3.58. The quantitative estimate of drug-likeness (QED) is 0.793. The van der Waals surface area contributed by atoms with Gasteiger partial charge in [-0.25, -0.2) is 4.39 Å². The van der Waals surface area contributed by atoms with E-state index in [0.29, 0.717) is 19.1 Å². The summed E-state index contributed by atoms with van der Waals surface area (Å²) in [7, 11) is 0. The monoisotopic (exact) mass is 266 g/mol. The van der Waals surface area contributed by atoms with Crippen molar-refractivity contribution in [2.45, 2.75) is 45.8 Å². The lowest BCUT2D eigenvalue weighted by atomic mass is 10.0. The Morgan fingerprint density at radius 3 is 2.47 bits per heavy atom. The van der Waals surface area contributed by atoms with E-state index in [0.717, 1.165) is 36.8 Å². The van der Waals surface area contributed by atoms with Crippen LogP contribution in [-0.2, 0) is 15.9 Å². The zero-order chi connectivity index (χ0) is 13.7. The average molecular weight is 266 g/mol. The van der Waals surface area contributed by atoms with Crippen LogP contribution >= 0.6 is 0 Å². The normalized spacial score (nSPS) is 23.5. The van der Waals surface area contributed by atoms with E-state index in [2.05, 4.69) is 13.8 Å². The summed E-state index contributed by atoms with van der Waals surface area (Å²) in [6.45, 7) is 5.62. The molecular formula is C16H23FO2. The predicted molar refractivity (Wildman–Crippen MR) is 73.4 cm³/mol. The summed E-state index contributed by atoms with van der Waals surface area (Å²) < 4.78 is 25.3. The molecule has 1 aliphatic rings. The summed E-state index contributed by atoms with van der Waals surface area (Å²) in [5.41, 5.74) is 1.55. The SMILES string of the molecule is CCCc1ccc(C2OCC(CCC)CO2)cc1F. The molecule has 0 bridgehead atoms. The highest BCUT2D eigenvalue weighted by atomic mass is 19.1. The zero-order valence-electron chi connectivity index (χ0n) is 11.8. The molecule has 1 saturated heterocycles. The molecule has 1 aromatic rings. The van der Waals surface area contributed by atoms with Crippen LogP contribution in [0.25, 0.3) is 0 Å². The van der Waals surface area contributed by atoms with Crippen LogP contribution in [0.2, 0.25) is 0 Å². The smallest absolute Gasteiger partial charge is 0.183 e. The second-order valence-electron chi connectivity index (χ2n) is 5.25. The number of hydrogen-bond acceptors (Lipinski definition) is 2. The van der Waals surface area contributed by atoms with Gasteiger partial charge < -0.3 is 9.47 Å². The summed E-state index contributed by atoms with van der Waals surface area (Å²) in [6, 6.07) is 5.31. The Bertz CT molecular complexity index is 398. The first kappa shape index (κ1) is 14.5. The summed E-state index contributed by atoms with van der Waals surface area (Å²) in [4.78, 5) is 0. The van der Waals surface area contributed by atoms with Gasteiger partial charge in [0.05, 0.1) is 13.2 Å². The largest absolute Gasteiger partial charge is 0.348 e. The molecule has 0 N–H and O–H groups in total. The van der Waals surface area contributed by atoms with Gasteiger partial charge in [-0.05, 0) is 24.5 Å². The third-order valence-corrected chi connectivity index (χ3v) is 3.53. The topological polar surface area (TPSA) is 18.5 Å². The molecule has 0 aliphatic carbocycles. The average Bonchev–Trinajstić information content (AvgIpc) is 2.43. The molecule has 1 aromatic carbocycles. The van der Waals surface area contributed by atoms with Crippen LogP contribution in [0.4, 0.5) is 4.39 Å². The Hall–Kier alpha value is -0.930. The van der Waals surface area contributed by atoms with Crippen LogP contribution in [0.1, 0.15) is 50.5 Å². The van der Waals surface area contributed by atoms with Gasteiger partial charge in [-0.2, -0.15) is 0 Å². The van der Waals surface area contributed by atoms with Gasteiger partial charge in [0, 0.05) is 11.5 Å². The van der Waals surface area contributed by atoms with Crippen molar-refractivity contribution in [1.29, 1.82) is 0 Å². The molecular weight excluding hydrogens is 243 g/mol. The van der Waals surface area contributed by atoms with Gasteiger partial charge in [0.25, 0.3) is 0 Å². The minimum atomic E-state index is -0.404. The molecule has 0 radical (unpaired) electrons. The van der Waals surface area contributed by atoms with E-state index in [1.807, 2.05) is 12.1 Å². The van der Waals surface area contributed by atoms with Gasteiger partial charge in [0.2, 0.25) is 0 Å². The zero-order valence-corrected chi connectivity index (χ0v) is 11.8. The predicted octanol–water partition coefficient (Wildman–Crippen LogP) is 4.24. The molecule has 2 rings (SSSR count). The lowest BCUT2D eigenvalue weighted by Gasteiger charge is -2.29. The number of halogens is 1. The Morgan fingerprint density at radius 2 is 1.89 bits per heavy atom. The number of aryl methyl sites for hydroxylation is 1. The van der Waals surface area contributed by atoms with E-state index in [1.54, 1.807) is 6.07 Å². The van der Waals surface area contributed by atoms with E-state index >= 15 is 0 Å². The van der Waals surface area contributed by atoms with E-state index in [4.69, 9.17) is 9.47 Å². The number of rotatable bonds is 5. The minimum absolute atomic E-state index is 0.151. The van der Waals surface area contributed by atoms with Crippen molar-refractivity contribution < 1.29 is 13.9 Å². The van der Waals surface area contributed by atoms with Crippen LogP contribution in [0.3, 0.4) is 0 Å². The van der Waals surface area contributed by atoms with Gasteiger partial charge in [0.15, 0.2) is 6.29 Å². The summed E-state index contributed by atoms with van der Waals surface area (Å²) >= 11 is 0. The number of hydrogen-bond donors (Lipinski definition) is 0. The first-order valence-corrected chi connectivity index (χ1v) is 7.26. The molecule has 106 valence electrons. The Kier molecular flexibility index (Phi) is 5.34. The third kappa shape index (κ3) is 3.77. The molecule has 0 spiro atoms. The van der Waals surface area contributed by atoms with E-state index in [9.17, 15) is 4.39 Å². The van der Waals surface area contributed by atoms with Crippen molar-refractivity contribution in [2.24, 2.45) is 5.92 Å². The van der Waals surface area contributed by atoms with Crippen LogP contribution in [0.5, 0.6) is 0 Å². The van der Waals surface area contributed by atoms with Gasteiger partial charge in [-0.15, -0.1) is 0 Å². The highest BCUT2D eigenvalue weighted by molar-refractivity contribution is 5.25. The highest BCUT2D eigenvalue weighted by Gasteiger charge is 2.23. The van der Waals surface area contributed by atoms with Gasteiger partial charge >= 0.3 is 0 Å². The molecule has 3 heteroatoms. The second-order valence-corrected chi connectivity index (χ2v) is 5.25. The van der Waals surface area contributed by atoms with Crippen LogP contribution in [0, 0.1) is 11.7 Å². The van der Waals surface area contributed by atoms with E-state index < -0.39 is 6.29 Å². The first-order chi connectivity index (χ1) is 9.24. The maximum Gasteiger partial charge on any atom is 0.183 e. The maximum absolute atomic E-state index is 13.9. The fraction of sp³-hybridized carbons (Fsp3) is 0.625. The first-order valence-electron chi connectivity index (χ1n) is 7.26. The second kappa shape index (κ2) is 7.01. The van der Waals surface area contributed by atoms with E-state index in [-0.39, 0.29) is 5.82 Å². The van der Waals surface area contributed by atoms with Gasteiger partial charge in [-0.3, -0.25) is 0 Å². The van der Waals surface area contributed by atoms with Crippen LogP contribution in [0.15, 0.2) is 18.2 Å². The fourth-order valence-electron chi connectivity index (χ4n) is 2.49. The molecule has 0 saturated carbocycles. The van der Waals surface area contributed by atoms with Crippen LogP contribution < -0.4 is 0 Å². The maximum atomic E-state index is 13.9. The molecule has 1 heterocycles. The molecule has 0 unspecified atom stereocenters. The third-order valence-electron chi connectivity index (χ3n) is 3.53. The Balaban J connectivity index is 1.97. The van der Waals surface area contributed by atoms with Crippen molar-refractivity contribution in [3.8, 4) is 0 Å². The summed E-state index contributed by atoms with van der Waals surface area (Å²) in [5.74, 6) is 0.327. The molecule has 2 nitrogen and oxygen atoms in total. The van der Waals surface area contributed by atoms with Crippen molar-refractivity contribution in [1.82, 2.24) is 0 Å². The molecule has 1 fully saturated rings. The Labute approximate surface area is 114 Å². The van der Waals surface area contributed by atoms with Crippen LogP contribution in [-0.4, -0.2) is 13.2 Å². The molecule has 19 heavy (non-hydrogen) atoms. The highest BCUT2D eigenvalue weighted by Crippen LogP contribution is 2.28. The fourth-order valence-corrected chi connectivity index (χ4v) is 2.49. The standard InChI is InChI=1S/C16H23FO2/c1-3-5-12-10-18-16(19-11-12)14-8-7-13(6-4-2)15(17)9-14/h7-9,12,16H,3-6,10-11H2,1-2H3. The van der Waals surface area contributed by atoms with Gasteiger partial charge in [0.1, 0.15) is 5.82 Å². The van der Waals surface area contributed by atoms with Crippen molar-refractivity contribution in [2.75, 3.05) is 13.2 Å². The van der Waals surface area contributed by atoms with Crippen molar-refractivity contribution in [3.05, 3.63) is 35.1 Å². The molecule has 1 aliphatic heterocycles. The van der Waals surface area contributed by atoms with Gasteiger partial charge in [-0.1, -0.05) is 38.8 Å².